The van der Waals surface area contributed by atoms with Gasteiger partial charge in [0, 0.05) is 17.4 Å². The van der Waals surface area contributed by atoms with Crippen molar-refractivity contribution >= 4 is 40.4 Å². The molecule has 0 saturated heterocycles. The zero-order chi connectivity index (χ0) is 0. The monoisotopic (exact) mass is 136 g/mol. The number of rotatable bonds is 0. The molecule has 0 fully saturated rings. The van der Waals surface area contributed by atoms with E-state index in [2.05, 4.69) is 0 Å². The van der Waals surface area contributed by atoms with Crippen LogP contribution in [0.3, 0.4) is 0 Å². The minimum Gasteiger partial charge on any atom is -0.870 e. The van der Waals surface area contributed by atoms with Gasteiger partial charge < -0.3 is 27.4 Å². The molecule has 0 aliphatic carbocycles. The first-order chi connectivity index (χ1) is 0. The van der Waals surface area contributed by atoms with Crippen LogP contribution in [0.25, 0.3) is 0 Å². The van der Waals surface area contributed by atoms with Crippen molar-refractivity contribution in [2.24, 2.45) is 0 Å². The van der Waals surface area contributed by atoms with Crippen LogP contribution in [0.1, 0.15) is 0 Å². The molecule has 0 aliphatic heterocycles. The van der Waals surface area contributed by atoms with Crippen LogP contribution in [-0.2, 0) is 0 Å². The summed E-state index contributed by atoms with van der Waals surface area (Å²) in [5.74, 6) is 0. The van der Waals surface area contributed by atoms with Gasteiger partial charge in [-0.3, -0.25) is 0 Å². The van der Waals surface area contributed by atoms with Gasteiger partial charge in [0.25, 0.3) is 0 Å². The van der Waals surface area contributed by atoms with Crippen LogP contribution in [0.5, 0.6) is 0 Å². The summed E-state index contributed by atoms with van der Waals surface area (Å²) in [7, 11) is 0. The molecule has 0 bridgehead atoms. The first-order valence-corrected chi connectivity index (χ1v) is 0. The molecular formula is H5AlMgO5-3. The van der Waals surface area contributed by atoms with Gasteiger partial charge in [-0.2, -0.15) is 0 Å². The maximum absolute atomic E-state index is 0. The first kappa shape index (κ1) is 338. The fourth-order valence-corrected chi connectivity index (χ4v) is 0. The molecule has 7 heteroatoms. The van der Waals surface area contributed by atoms with Crippen molar-refractivity contribution in [3.63, 3.8) is 0 Å². The van der Waals surface area contributed by atoms with Gasteiger partial charge in [0.15, 0.2) is 0 Å². The van der Waals surface area contributed by atoms with Gasteiger partial charge in [-0.1, -0.05) is 0 Å². The van der Waals surface area contributed by atoms with Crippen molar-refractivity contribution in [2.75, 3.05) is 0 Å². The standard InChI is InChI=1S/Al.Mg.5H2O/h;;5*1H2/q;+2;;;;;/p-5. The van der Waals surface area contributed by atoms with Crippen molar-refractivity contribution in [3.05, 3.63) is 0 Å². The van der Waals surface area contributed by atoms with E-state index in [4.69, 9.17) is 0 Å². The van der Waals surface area contributed by atoms with E-state index in [0.29, 0.717) is 0 Å². The Morgan fingerprint density at radius 2 is 0.429 bits per heavy atom. The summed E-state index contributed by atoms with van der Waals surface area (Å²) in [5, 5.41) is 0. The minimum absolute atomic E-state index is 0. The zero-order valence-electron chi connectivity index (χ0n) is 3.52. The van der Waals surface area contributed by atoms with Crippen molar-refractivity contribution in [1.29, 1.82) is 0 Å². The molecule has 0 unspecified atom stereocenters. The zero-order valence-corrected chi connectivity index (χ0v) is 6.09. The molecule has 0 amide bonds. The van der Waals surface area contributed by atoms with E-state index in [1.807, 2.05) is 0 Å². The molecule has 7 heavy (non-hydrogen) atoms. The quantitative estimate of drug-likeness (QED) is 0.365. The van der Waals surface area contributed by atoms with E-state index in [1.54, 1.807) is 0 Å². The molecule has 0 heterocycles. The topological polar surface area (TPSA) is 150 Å². The summed E-state index contributed by atoms with van der Waals surface area (Å²) < 4.78 is 0. The summed E-state index contributed by atoms with van der Waals surface area (Å²) in [6, 6.07) is 0. The van der Waals surface area contributed by atoms with E-state index >= 15 is 0 Å². The predicted molar refractivity (Wildman–Crippen MR) is 21.2 cm³/mol. The van der Waals surface area contributed by atoms with Crippen molar-refractivity contribution in [1.82, 2.24) is 0 Å². The molecule has 0 saturated carbocycles. The SMILES string of the molecule is [Al].[Mg+2].[OH-].[OH-].[OH-].[OH-].[OH-]. The smallest absolute Gasteiger partial charge is 0.870 e. The Balaban J connectivity index is 0. The molecule has 0 aromatic heterocycles. The van der Waals surface area contributed by atoms with Gasteiger partial charge >= 0.3 is 23.1 Å². The fourth-order valence-electron chi connectivity index (χ4n) is 0. The van der Waals surface area contributed by atoms with Crippen LogP contribution in [0, 0.1) is 0 Å². The molecule has 3 radical (unpaired) electrons. The third-order valence-corrected chi connectivity index (χ3v) is 0. The van der Waals surface area contributed by atoms with Gasteiger partial charge in [-0.25, -0.2) is 0 Å². The average molecular weight is 136 g/mol. The van der Waals surface area contributed by atoms with Crippen molar-refractivity contribution in [2.45, 2.75) is 0 Å². The summed E-state index contributed by atoms with van der Waals surface area (Å²) in [4.78, 5) is 0. The normalized spacial score (nSPS) is 0. The molecule has 43 valence electrons. The Morgan fingerprint density at radius 3 is 0.429 bits per heavy atom. The van der Waals surface area contributed by atoms with Gasteiger partial charge in [0.05, 0.1) is 0 Å². The second-order valence-corrected chi connectivity index (χ2v) is 0. The summed E-state index contributed by atoms with van der Waals surface area (Å²) in [5.41, 5.74) is 0. The largest absolute Gasteiger partial charge is 2.00 e. The molecule has 0 spiro atoms. The summed E-state index contributed by atoms with van der Waals surface area (Å²) >= 11 is 0. The molecule has 0 rings (SSSR count). The molecule has 0 aromatic rings. The summed E-state index contributed by atoms with van der Waals surface area (Å²) in [6.07, 6.45) is 0. The third-order valence-electron chi connectivity index (χ3n) is 0. The summed E-state index contributed by atoms with van der Waals surface area (Å²) in [6.45, 7) is 0. The Morgan fingerprint density at radius 1 is 0.429 bits per heavy atom. The molecule has 0 aliphatic rings. The van der Waals surface area contributed by atoms with Crippen LogP contribution < -0.4 is 0 Å². The first-order valence-electron chi connectivity index (χ1n) is 0. The van der Waals surface area contributed by atoms with E-state index < -0.39 is 0 Å². The Labute approximate surface area is 67.9 Å². The Hall–Kier alpha value is 1.10. The van der Waals surface area contributed by atoms with E-state index in [9.17, 15) is 0 Å². The fraction of sp³-hybridized carbons (Fsp3) is 0. The van der Waals surface area contributed by atoms with Crippen molar-refractivity contribution in [3.8, 4) is 0 Å². The maximum Gasteiger partial charge on any atom is 2.00 e. The number of hydrogen-bond donors (Lipinski definition) is 0. The molecule has 0 aromatic carbocycles. The average Bonchev–Trinajstić information content (AvgIpc) is 0. The molecule has 5 N–H and O–H groups in total. The Bertz CT molecular complexity index is 8.04. The predicted octanol–water partition coefficient (Wildman–Crippen LogP) is -1.65. The van der Waals surface area contributed by atoms with Crippen LogP contribution >= 0.6 is 0 Å². The van der Waals surface area contributed by atoms with Crippen LogP contribution in [0.15, 0.2) is 0 Å². The maximum atomic E-state index is 0. The minimum atomic E-state index is 0. The van der Waals surface area contributed by atoms with E-state index in [1.165, 1.54) is 0 Å². The van der Waals surface area contributed by atoms with Gasteiger partial charge in [-0.05, 0) is 0 Å². The van der Waals surface area contributed by atoms with Gasteiger partial charge in [0.1, 0.15) is 0 Å². The second kappa shape index (κ2) is 219. The van der Waals surface area contributed by atoms with Crippen LogP contribution in [-0.4, -0.2) is 67.8 Å². The van der Waals surface area contributed by atoms with Crippen LogP contribution in [0.2, 0.25) is 0 Å². The van der Waals surface area contributed by atoms with Crippen molar-refractivity contribution < 1.29 is 27.4 Å². The number of hydrogen-bond acceptors (Lipinski definition) is 5. The molecule has 5 nitrogen and oxygen atoms in total. The van der Waals surface area contributed by atoms with Gasteiger partial charge in [0.2, 0.25) is 0 Å². The van der Waals surface area contributed by atoms with E-state index in [0.717, 1.165) is 0 Å². The second-order valence-electron chi connectivity index (χ2n) is 0. The van der Waals surface area contributed by atoms with E-state index in [-0.39, 0.29) is 67.8 Å². The van der Waals surface area contributed by atoms with Crippen LogP contribution in [0.4, 0.5) is 0 Å². The third kappa shape index (κ3) is 153. The van der Waals surface area contributed by atoms with Gasteiger partial charge in [-0.15, -0.1) is 0 Å². The molecule has 0 atom stereocenters. The molecular weight excluding hydrogens is 131 g/mol. The Kier molecular flexibility index (Phi) is 10600.